The molecule has 2 nitrogen and oxygen atoms in total. The Morgan fingerprint density at radius 1 is 1.58 bits per heavy atom. The van der Waals surface area contributed by atoms with Gasteiger partial charge >= 0.3 is 0 Å². The van der Waals surface area contributed by atoms with Gasteiger partial charge in [0.1, 0.15) is 0 Å². The second kappa shape index (κ2) is 3.90. The molecule has 1 rings (SSSR count). The van der Waals surface area contributed by atoms with Gasteiger partial charge in [-0.2, -0.15) is 0 Å². The number of hydrogen-bond donors (Lipinski definition) is 0. The summed E-state index contributed by atoms with van der Waals surface area (Å²) in [5.41, 5.74) is 2.11. The second-order valence-electron chi connectivity index (χ2n) is 2.45. The SMILES string of the molecule is C=Cc1ccc(OC)nc1CC. The van der Waals surface area contributed by atoms with Crippen molar-refractivity contribution in [1.82, 2.24) is 4.98 Å². The molecule has 0 radical (unpaired) electrons. The van der Waals surface area contributed by atoms with Crippen LogP contribution in [0, 0.1) is 0 Å². The third-order valence-corrected chi connectivity index (χ3v) is 1.75. The molecule has 0 aliphatic rings. The molecule has 2 heteroatoms. The Labute approximate surface area is 72.9 Å². The van der Waals surface area contributed by atoms with Gasteiger partial charge in [0.15, 0.2) is 0 Å². The first kappa shape index (κ1) is 8.78. The Morgan fingerprint density at radius 2 is 2.33 bits per heavy atom. The Kier molecular flexibility index (Phi) is 2.86. The molecule has 0 saturated carbocycles. The van der Waals surface area contributed by atoms with Crippen LogP contribution in [0.1, 0.15) is 18.2 Å². The largest absolute Gasteiger partial charge is 0.481 e. The highest BCUT2D eigenvalue weighted by molar-refractivity contribution is 5.50. The molecular formula is C10H13NO. The van der Waals surface area contributed by atoms with E-state index in [0.717, 1.165) is 17.7 Å². The van der Waals surface area contributed by atoms with Crippen LogP contribution in [-0.2, 0) is 6.42 Å². The minimum Gasteiger partial charge on any atom is -0.481 e. The lowest BCUT2D eigenvalue weighted by Gasteiger charge is -2.04. The monoisotopic (exact) mass is 163 g/mol. The van der Waals surface area contributed by atoms with Gasteiger partial charge in [-0.15, -0.1) is 0 Å². The number of methoxy groups -OCH3 is 1. The highest BCUT2D eigenvalue weighted by Gasteiger charge is 2.00. The van der Waals surface area contributed by atoms with Crippen LogP contribution in [-0.4, -0.2) is 12.1 Å². The Morgan fingerprint density at radius 3 is 2.83 bits per heavy atom. The lowest BCUT2D eigenvalue weighted by Crippen LogP contribution is -1.94. The van der Waals surface area contributed by atoms with Crippen molar-refractivity contribution in [1.29, 1.82) is 0 Å². The summed E-state index contributed by atoms with van der Waals surface area (Å²) >= 11 is 0. The highest BCUT2D eigenvalue weighted by atomic mass is 16.5. The summed E-state index contributed by atoms with van der Waals surface area (Å²) < 4.78 is 5.01. The molecule has 0 amide bonds. The summed E-state index contributed by atoms with van der Waals surface area (Å²) in [5.74, 6) is 0.664. The van der Waals surface area contributed by atoms with Crippen LogP contribution in [0.2, 0.25) is 0 Å². The number of rotatable bonds is 3. The number of aryl methyl sites for hydroxylation is 1. The molecule has 0 bridgehead atoms. The van der Waals surface area contributed by atoms with Crippen molar-refractivity contribution in [3.63, 3.8) is 0 Å². The van der Waals surface area contributed by atoms with Gasteiger partial charge in [-0.1, -0.05) is 19.6 Å². The topological polar surface area (TPSA) is 22.1 Å². The lowest BCUT2D eigenvalue weighted by molar-refractivity contribution is 0.396. The Bertz CT molecular complexity index is 281. The normalized spacial score (nSPS) is 9.50. The van der Waals surface area contributed by atoms with E-state index in [4.69, 9.17) is 4.74 Å². The van der Waals surface area contributed by atoms with E-state index in [9.17, 15) is 0 Å². The van der Waals surface area contributed by atoms with E-state index in [2.05, 4.69) is 18.5 Å². The van der Waals surface area contributed by atoms with Crippen LogP contribution in [0.5, 0.6) is 5.88 Å². The fourth-order valence-corrected chi connectivity index (χ4v) is 1.07. The quantitative estimate of drug-likeness (QED) is 0.682. The Hall–Kier alpha value is -1.31. The standard InChI is InChI=1S/C10H13NO/c1-4-8-6-7-10(12-3)11-9(8)5-2/h4,6-7H,1,5H2,2-3H3. The zero-order valence-electron chi connectivity index (χ0n) is 7.50. The van der Waals surface area contributed by atoms with Gasteiger partial charge in [0.25, 0.3) is 0 Å². The zero-order valence-corrected chi connectivity index (χ0v) is 7.50. The van der Waals surface area contributed by atoms with Crippen molar-refractivity contribution < 1.29 is 4.74 Å². The van der Waals surface area contributed by atoms with Crippen molar-refractivity contribution in [3.05, 3.63) is 30.0 Å². The summed E-state index contributed by atoms with van der Waals surface area (Å²) in [5, 5.41) is 0. The Balaban J connectivity index is 3.10. The van der Waals surface area contributed by atoms with E-state index in [0.29, 0.717) is 5.88 Å². The molecule has 0 unspecified atom stereocenters. The van der Waals surface area contributed by atoms with Crippen LogP contribution >= 0.6 is 0 Å². The first-order valence-electron chi connectivity index (χ1n) is 3.98. The molecule has 1 aromatic rings. The van der Waals surface area contributed by atoms with E-state index >= 15 is 0 Å². The zero-order chi connectivity index (χ0) is 8.97. The molecule has 1 aromatic heterocycles. The molecule has 0 aliphatic heterocycles. The predicted octanol–water partition coefficient (Wildman–Crippen LogP) is 2.30. The smallest absolute Gasteiger partial charge is 0.213 e. The van der Waals surface area contributed by atoms with Gasteiger partial charge in [-0.25, -0.2) is 4.98 Å². The highest BCUT2D eigenvalue weighted by Crippen LogP contribution is 2.13. The van der Waals surface area contributed by atoms with Crippen molar-refractivity contribution in [2.75, 3.05) is 7.11 Å². The fraction of sp³-hybridized carbons (Fsp3) is 0.300. The van der Waals surface area contributed by atoms with E-state index in [-0.39, 0.29) is 0 Å². The van der Waals surface area contributed by atoms with Gasteiger partial charge in [-0.3, -0.25) is 0 Å². The third kappa shape index (κ3) is 1.64. The molecule has 1 heterocycles. The maximum atomic E-state index is 5.01. The first-order chi connectivity index (χ1) is 5.81. The van der Waals surface area contributed by atoms with Crippen molar-refractivity contribution in [2.24, 2.45) is 0 Å². The summed E-state index contributed by atoms with van der Waals surface area (Å²) in [4.78, 5) is 4.29. The maximum Gasteiger partial charge on any atom is 0.213 e. The molecule has 0 saturated heterocycles. The fourth-order valence-electron chi connectivity index (χ4n) is 1.07. The van der Waals surface area contributed by atoms with Crippen molar-refractivity contribution in [3.8, 4) is 5.88 Å². The average molecular weight is 163 g/mol. The summed E-state index contributed by atoms with van der Waals surface area (Å²) in [6.45, 7) is 5.78. The van der Waals surface area contributed by atoms with E-state index < -0.39 is 0 Å². The number of pyridine rings is 1. The van der Waals surface area contributed by atoms with E-state index in [1.807, 2.05) is 18.2 Å². The van der Waals surface area contributed by atoms with Gasteiger partial charge in [0, 0.05) is 6.07 Å². The van der Waals surface area contributed by atoms with Gasteiger partial charge < -0.3 is 4.74 Å². The number of hydrogen-bond acceptors (Lipinski definition) is 2. The van der Waals surface area contributed by atoms with Gasteiger partial charge in [0.2, 0.25) is 5.88 Å². The summed E-state index contributed by atoms with van der Waals surface area (Å²) in [7, 11) is 1.62. The third-order valence-electron chi connectivity index (χ3n) is 1.75. The minimum atomic E-state index is 0.664. The van der Waals surface area contributed by atoms with Gasteiger partial charge in [-0.05, 0) is 18.1 Å². The van der Waals surface area contributed by atoms with Crippen LogP contribution < -0.4 is 4.74 Å². The molecule has 0 atom stereocenters. The van der Waals surface area contributed by atoms with Crippen LogP contribution in [0.25, 0.3) is 6.08 Å². The van der Waals surface area contributed by atoms with Gasteiger partial charge in [0.05, 0.1) is 12.8 Å². The van der Waals surface area contributed by atoms with Crippen LogP contribution in [0.15, 0.2) is 18.7 Å². The molecule has 12 heavy (non-hydrogen) atoms. The van der Waals surface area contributed by atoms with E-state index in [1.54, 1.807) is 7.11 Å². The van der Waals surface area contributed by atoms with Crippen LogP contribution in [0.4, 0.5) is 0 Å². The molecule has 0 fully saturated rings. The molecular weight excluding hydrogens is 150 g/mol. The minimum absolute atomic E-state index is 0.664. The first-order valence-corrected chi connectivity index (χ1v) is 3.98. The molecule has 0 N–H and O–H groups in total. The van der Waals surface area contributed by atoms with E-state index in [1.165, 1.54) is 0 Å². The summed E-state index contributed by atoms with van der Waals surface area (Å²) in [6.07, 6.45) is 2.71. The number of ether oxygens (including phenoxy) is 1. The molecule has 0 aromatic carbocycles. The molecule has 0 spiro atoms. The maximum absolute atomic E-state index is 5.01. The number of nitrogens with zero attached hydrogens (tertiary/aromatic N) is 1. The molecule has 64 valence electrons. The lowest BCUT2D eigenvalue weighted by atomic mass is 10.1. The van der Waals surface area contributed by atoms with Crippen molar-refractivity contribution >= 4 is 6.08 Å². The van der Waals surface area contributed by atoms with Crippen molar-refractivity contribution in [2.45, 2.75) is 13.3 Å². The number of aromatic nitrogens is 1. The second-order valence-corrected chi connectivity index (χ2v) is 2.45. The van der Waals surface area contributed by atoms with Crippen LogP contribution in [0.3, 0.4) is 0 Å². The molecule has 0 aliphatic carbocycles. The predicted molar refractivity (Wildman–Crippen MR) is 50.3 cm³/mol. The average Bonchev–Trinajstić information content (AvgIpc) is 2.16. The summed E-state index contributed by atoms with van der Waals surface area (Å²) in [6, 6.07) is 3.81.